The molecule has 0 radical (unpaired) electrons. The van der Waals surface area contributed by atoms with Crippen molar-refractivity contribution >= 4 is 18.7 Å². The van der Waals surface area contributed by atoms with Crippen LogP contribution in [0.2, 0.25) is 0 Å². The molecule has 0 aromatic heterocycles. The van der Waals surface area contributed by atoms with Gasteiger partial charge in [-0.1, -0.05) is 6.07 Å². The first kappa shape index (κ1) is 10.0. The minimum Gasteiger partial charge on any atom is -0.298 e. The number of hydrogen-bond donors (Lipinski definition) is 0. The largest absolute Gasteiger partial charge is 0.298 e. The van der Waals surface area contributed by atoms with Crippen molar-refractivity contribution in [3.8, 4) is 0 Å². The number of hydrogen-bond acceptors (Lipinski definition) is 1. The van der Waals surface area contributed by atoms with Crippen molar-refractivity contribution in [3.05, 3.63) is 35.4 Å². The van der Waals surface area contributed by atoms with Crippen molar-refractivity contribution in [3.63, 3.8) is 0 Å². The fraction of sp³-hybridized carbons (Fsp3) is 0. The molecule has 0 unspecified atom stereocenters. The zero-order valence-electron chi connectivity index (χ0n) is 5.38. The number of benzene rings is 1. The molecule has 4 heteroatoms. The predicted molar refractivity (Wildman–Crippen MR) is 39.0 cm³/mol. The maximum absolute atomic E-state index is 12.4. The lowest BCUT2D eigenvalue weighted by Crippen LogP contribution is -1.91. The number of carbonyl (C=O) groups is 1. The summed E-state index contributed by atoms with van der Waals surface area (Å²) in [5.74, 6) is -1.65. The number of halogens is 3. The highest BCUT2D eigenvalue weighted by Gasteiger charge is 2.04. The smallest absolute Gasteiger partial charge is 0.155 e. The van der Waals surface area contributed by atoms with Crippen LogP contribution in [0, 0.1) is 11.6 Å². The molecule has 0 aliphatic carbocycles. The van der Waals surface area contributed by atoms with E-state index >= 15 is 0 Å². The Kier molecular flexibility index (Phi) is 3.68. The Morgan fingerprint density at radius 1 is 1.18 bits per heavy atom. The molecular formula is C7H5ClF2O. The van der Waals surface area contributed by atoms with E-state index in [9.17, 15) is 13.6 Å². The summed E-state index contributed by atoms with van der Waals surface area (Å²) in [5, 5.41) is 0. The van der Waals surface area contributed by atoms with Crippen molar-refractivity contribution in [2.75, 3.05) is 0 Å². The quantitative estimate of drug-likeness (QED) is 0.603. The molecule has 1 rings (SSSR count). The molecule has 1 aromatic rings. The zero-order valence-corrected chi connectivity index (χ0v) is 6.20. The molecule has 0 amide bonds. The molecule has 1 aromatic carbocycles. The van der Waals surface area contributed by atoms with E-state index in [0.29, 0.717) is 0 Å². The van der Waals surface area contributed by atoms with Gasteiger partial charge in [0.1, 0.15) is 11.6 Å². The Morgan fingerprint density at radius 2 is 1.64 bits per heavy atom. The molecule has 0 heterocycles. The van der Waals surface area contributed by atoms with Gasteiger partial charge in [0.2, 0.25) is 0 Å². The van der Waals surface area contributed by atoms with Crippen molar-refractivity contribution in [2.45, 2.75) is 0 Å². The van der Waals surface area contributed by atoms with Crippen molar-refractivity contribution < 1.29 is 13.6 Å². The minimum absolute atomic E-state index is 0. The molecule has 60 valence electrons. The van der Waals surface area contributed by atoms with Crippen molar-refractivity contribution in [1.29, 1.82) is 0 Å². The third-order valence-electron chi connectivity index (χ3n) is 1.12. The second-order valence-electron chi connectivity index (χ2n) is 1.75. The first-order valence-corrected chi connectivity index (χ1v) is 2.65. The summed E-state index contributed by atoms with van der Waals surface area (Å²) < 4.78 is 24.8. The van der Waals surface area contributed by atoms with Crippen LogP contribution in [0.3, 0.4) is 0 Å². The average molecular weight is 179 g/mol. The highest BCUT2D eigenvalue weighted by Crippen LogP contribution is 2.08. The maximum Gasteiger partial charge on any atom is 0.155 e. The van der Waals surface area contributed by atoms with E-state index in [0.717, 1.165) is 12.1 Å². The molecular weight excluding hydrogens is 174 g/mol. The standard InChI is InChI=1S/C7H4F2O.ClH/c8-6-2-1-3-7(9)5(6)4-10;/h1-4H;1H. The van der Waals surface area contributed by atoms with Gasteiger partial charge in [0.05, 0.1) is 5.56 Å². The molecule has 0 aliphatic rings. The van der Waals surface area contributed by atoms with Gasteiger partial charge in [-0.2, -0.15) is 0 Å². The monoisotopic (exact) mass is 178 g/mol. The van der Waals surface area contributed by atoms with E-state index in [1.54, 1.807) is 0 Å². The van der Waals surface area contributed by atoms with Crippen LogP contribution in [0.5, 0.6) is 0 Å². The van der Waals surface area contributed by atoms with E-state index in [4.69, 9.17) is 0 Å². The fourth-order valence-electron chi connectivity index (χ4n) is 0.623. The molecule has 11 heavy (non-hydrogen) atoms. The molecule has 0 atom stereocenters. The van der Waals surface area contributed by atoms with E-state index in [1.165, 1.54) is 6.07 Å². The van der Waals surface area contributed by atoms with Gasteiger partial charge in [-0.25, -0.2) is 8.78 Å². The summed E-state index contributed by atoms with van der Waals surface area (Å²) >= 11 is 0. The van der Waals surface area contributed by atoms with Crippen LogP contribution < -0.4 is 0 Å². The Bertz CT molecular complexity index is 242. The van der Waals surface area contributed by atoms with Gasteiger partial charge in [-0.05, 0) is 12.1 Å². The van der Waals surface area contributed by atoms with Gasteiger partial charge in [0.25, 0.3) is 0 Å². The average Bonchev–Trinajstić information content (AvgIpc) is 1.88. The van der Waals surface area contributed by atoms with Crippen LogP contribution >= 0.6 is 12.4 Å². The fourth-order valence-corrected chi connectivity index (χ4v) is 0.623. The molecule has 0 saturated carbocycles. The van der Waals surface area contributed by atoms with E-state index in [-0.39, 0.29) is 18.7 Å². The van der Waals surface area contributed by atoms with Crippen LogP contribution in [0.15, 0.2) is 18.2 Å². The second-order valence-corrected chi connectivity index (χ2v) is 1.75. The molecule has 0 saturated heterocycles. The van der Waals surface area contributed by atoms with Crippen LogP contribution in [0.25, 0.3) is 0 Å². The normalized spacial score (nSPS) is 8.55. The SMILES string of the molecule is Cl.O=Cc1c(F)cccc1F. The lowest BCUT2D eigenvalue weighted by Gasteiger charge is -1.93. The van der Waals surface area contributed by atoms with Crippen molar-refractivity contribution in [2.24, 2.45) is 0 Å². The summed E-state index contributed by atoms with van der Waals surface area (Å²) in [6.07, 6.45) is 0.157. The number of rotatable bonds is 1. The van der Waals surface area contributed by atoms with Gasteiger partial charge in [0.15, 0.2) is 6.29 Å². The molecule has 0 spiro atoms. The Morgan fingerprint density at radius 3 is 1.91 bits per heavy atom. The second kappa shape index (κ2) is 4.03. The molecule has 0 aliphatic heterocycles. The predicted octanol–water partition coefficient (Wildman–Crippen LogP) is 2.20. The number of aldehydes is 1. The summed E-state index contributed by atoms with van der Waals surface area (Å²) in [5.41, 5.74) is -0.512. The molecule has 0 fully saturated rings. The highest BCUT2D eigenvalue weighted by molar-refractivity contribution is 5.85. The summed E-state index contributed by atoms with van der Waals surface area (Å²) in [7, 11) is 0. The first-order chi connectivity index (χ1) is 4.75. The van der Waals surface area contributed by atoms with Crippen LogP contribution in [0.4, 0.5) is 8.78 Å². The minimum atomic E-state index is -0.824. The topological polar surface area (TPSA) is 17.1 Å². The van der Waals surface area contributed by atoms with Crippen molar-refractivity contribution in [1.82, 2.24) is 0 Å². The van der Waals surface area contributed by atoms with Crippen LogP contribution in [-0.4, -0.2) is 6.29 Å². The van der Waals surface area contributed by atoms with E-state index in [2.05, 4.69) is 0 Å². The Balaban J connectivity index is 0.000001000. The molecule has 1 nitrogen and oxygen atoms in total. The first-order valence-electron chi connectivity index (χ1n) is 2.65. The molecule has 0 N–H and O–H groups in total. The highest BCUT2D eigenvalue weighted by atomic mass is 35.5. The van der Waals surface area contributed by atoms with Gasteiger partial charge in [0, 0.05) is 0 Å². The lowest BCUT2D eigenvalue weighted by molar-refractivity contribution is 0.111. The summed E-state index contributed by atoms with van der Waals surface area (Å²) in [4.78, 5) is 9.97. The van der Waals surface area contributed by atoms with Gasteiger partial charge >= 0.3 is 0 Å². The van der Waals surface area contributed by atoms with Crippen LogP contribution in [-0.2, 0) is 0 Å². The van der Waals surface area contributed by atoms with Gasteiger partial charge < -0.3 is 0 Å². The summed E-state index contributed by atoms with van der Waals surface area (Å²) in [6, 6.07) is 3.28. The van der Waals surface area contributed by atoms with Crippen LogP contribution in [0.1, 0.15) is 10.4 Å². The van der Waals surface area contributed by atoms with Gasteiger partial charge in [-0.3, -0.25) is 4.79 Å². The number of carbonyl (C=O) groups excluding carboxylic acids is 1. The Labute approximate surface area is 68.4 Å². The van der Waals surface area contributed by atoms with Gasteiger partial charge in [-0.15, -0.1) is 12.4 Å². The van der Waals surface area contributed by atoms with E-state index < -0.39 is 17.2 Å². The zero-order chi connectivity index (χ0) is 7.56. The maximum atomic E-state index is 12.4. The third kappa shape index (κ3) is 1.98. The third-order valence-corrected chi connectivity index (χ3v) is 1.12. The van der Waals surface area contributed by atoms with E-state index in [1.807, 2.05) is 0 Å². The summed E-state index contributed by atoms with van der Waals surface area (Å²) in [6.45, 7) is 0. The lowest BCUT2D eigenvalue weighted by atomic mass is 10.2. The molecule has 0 bridgehead atoms. The Hall–Kier alpha value is -0.960.